The van der Waals surface area contributed by atoms with Crippen molar-refractivity contribution in [2.75, 3.05) is 23.8 Å². The van der Waals surface area contributed by atoms with Gasteiger partial charge < -0.3 is 20.9 Å². The molecule has 4 N–H and O–H groups in total. The maximum atomic E-state index is 12.4. The molecule has 3 rings (SSSR count). The van der Waals surface area contributed by atoms with Gasteiger partial charge in [-0.3, -0.25) is 14.6 Å². The molecule has 0 bridgehead atoms. The van der Waals surface area contributed by atoms with E-state index in [1.807, 2.05) is 13.0 Å². The first-order chi connectivity index (χ1) is 12.4. The highest BCUT2D eigenvalue weighted by molar-refractivity contribution is 6.31. The van der Waals surface area contributed by atoms with E-state index < -0.39 is 5.91 Å². The second-order valence-electron chi connectivity index (χ2n) is 6.00. The lowest BCUT2D eigenvalue weighted by Gasteiger charge is -2.19. The fraction of sp³-hybridized carbons (Fsp3) is 0.167. The molecule has 0 unspecified atom stereocenters. The summed E-state index contributed by atoms with van der Waals surface area (Å²) in [6, 6.07) is 7.02. The smallest absolute Gasteiger partial charge is 0.267 e. The number of primary amides is 1. The van der Waals surface area contributed by atoms with E-state index in [1.54, 1.807) is 42.5 Å². The minimum Gasteiger partial charge on any atom is -0.364 e. The van der Waals surface area contributed by atoms with Gasteiger partial charge in [0.15, 0.2) is 0 Å². The monoisotopic (exact) mass is 371 g/mol. The van der Waals surface area contributed by atoms with Crippen LogP contribution in [0.15, 0.2) is 36.7 Å². The quantitative estimate of drug-likeness (QED) is 0.641. The molecule has 0 aliphatic heterocycles. The lowest BCUT2D eigenvalue weighted by molar-refractivity contribution is -0.114. The van der Waals surface area contributed by atoms with Crippen LogP contribution in [0.4, 0.5) is 11.4 Å². The van der Waals surface area contributed by atoms with Crippen molar-refractivity contribution in [1.82, 2.24) is 9.97 Å². The molecule has 2 amide bonds. The maximum absolute atomic E-state index is 12.4. The van der Waals surface area contributed by atoms with E-state index in [0.717, 1.165) is 10.9 Å². The number of fused-ring (bicyclic) bond motifs is 1. The normalized spacial score (nSPS) is 10.7. The van der Waals surface area contributed by atoms with Crippen LogP contribution in [0, 0.1) is 6.92 Å². The van der Waals surface area contributed by atoms with Gasteiger partial charge in [-0.1, -0.05) is 11.6 Å². The largest absolute Gasteiger partial charge is 0.364 e. The highest BCUT2D eigenvalue weighted by atomic mass is 35.5. The summed E-state index contributed by atoms with van der Waals surface area (Å²) in [4.78, 5) is 32.9. The number of hydrogen-bond acceptors (Lipinski definition) is 4. The molecular formula is C18H18ClN5O2. The van der Waals surface area contributed by atoms with Gasteiger partial charge in [-0.25, -0.2) is 0 Å². The zero-order valence-electron chi connectivity index (χ0n) is 14.3. The van der Waals surface area contributed by atoms with Gasteiger partial charge in [0, 0.05) is 29.2 Å². The van der Waals surface area contributed by atoms with Crippen molar-refractivity contribution in [2.24, 2.45) is 5.73 Å². The number of amides is 2. The average molecular weight is 372 g/mol. The second kappa shape index (κ2) is 7.05. The van der Waals surface area contributed by atoms with Crippen LogP contribution in [-0.2, 0) is 4.79 Å². The Morgan fingerprint density at radius 2 is 2.12 bits per heavy atom. The van der Waals surface area contributed by atoms with Crippen molar-refractivity contribution in [2.45, 2.75) is 6.92 Å². The molecule has 2 heterocycles. The van der Waals surface area contributed by atoms with E-state index >= 15 is 0 Å². The molecule has 2 aromatic heterocycles. The number of anilines is 2. The standard InChI is InChI=1S/C18H18ClN5O2/c1-10-5-6-21-8-14(10)22-15(25)9-24(2)17-12-7-11(19)3-4-13(12)23-16(17)18(20)26/h3-8,23H,9H2,1-2H3,(H2,20,26)(H,22,25). The number of pyridine rings is 1. The van der Waals surface area contributed by atoms with E-state index in [1.165, 1.54) is 0 Å². The molecule has 0 saturated heterocycles. The number of rotatable bonds is 5. The van der Waals surface area contributed by atoms with Crippen LogP contribution in [0.5, 0.6) is 0 Å². The van der Waals surface area contributed by atoms with Gasteiger partial charge in [0.1, 0.15) is 5.69 Å². The number of hydrogen-bond donors (Lipinski definition) is 3. The maximum Gasteiger partial charge on any atom is 0.267 e. The van der Waals surface area contributed by atoms with Crippen molar-refractivity contribution >= 4 is 45.7 Å². The van der Waals surface area contributed by atoms with Gasteiger partial charge >= 0.3 is 0 Å². The number of nitrogens with two attached hydrogens (primary N) is 1. The summed E-state index contributed by atoms with van der Waals surface area (Å²) in [5, 5.41) is 4.06. The summed E-state index contributed by atoms with van der Waals surface area (Å²) in [7, 11) is 1.71. The summed E-state index contributed by atoms with van der Waals surface area (Å²) in [6.45, 7) is 1.90. The van der Waals surface area contributed by atoms with E-state index in [4.69, 9.17) is 17.3 Å². The third kappa shape index (κ3) is 3.48. The molecule has 0 atom stereocenters. The van der Waals surface area contributed by atoms with Crippen LogP contribution in [0.25, 0.3) is 10.9 Å². The number of likely N-dealkylation sites (N-methyl/N-ethyl adjacent to an activating group) is 1. The number of carbonyl (C=O) groups is 2. The molecule has 3 aromatic rings. The number of nitrogens with one attached hydrogen (secondary N) is 2. The van der Waals surface area contributed by atoms with Gasteiger partial charge in [-0.15, -0.1) is 0 Å². The fourth-order valence-corrected chi connectivity index (χ4v) is 2.98. The molecule has 0 aliphatic carbocycles. The van der Waals surface area contributed by atoms with E-state index in [0.29, 0.717) is 21.9 Å². The molecule has 0 radical (unpaired) electrons. The topological polar surface area (TPSA) is 104 Å². The minimum absolute atomic E-state index is 0.0219. The number of aryl methyl sites for hydroxylation is 1. The Morgan fingerprint density at radius 3 is 2.81 bits per heavy atom. The van der Waals surface area contributed by atoms with Gasteiger partial charge in [-0.2, -0.15) is 0 Å². The molecule has 0 aliphatic rings. The van der Waals surface area contributed by atoms with E-state index in [9.17, 15) is 9.59 Å². The predicted octanol–water partition coefficient (Wildman–Crippen LogP) is 2.70. The van der Waals surface area contributed by atoms with Crippen molar-refractivity contribution in [3.05, 3.63) is 52.9 Å². The van der Waals surface area contributed by atoms with Crippen molar-refractivity contribution in [3.8, 4) is 0 Å². The van der Waals surface area contributed by atoms with Gasteiger partial charge in [0.25, 0.3) is 5.91 Å². The number of aromatic amines is 1. The Kier molecular flexibility index (Phi) is 4.81. The SMILES string of the molecule is Cc1ccncc1NC(=O)CN(C)c1c(C(N)=O)[nH]c2ccc(Cl)cc12. The molecule has 26 heavy (non-hydrogen) atoms. The Labute approximate surface area is 155 Å². The van der Waals surface area contributed by atoms with Gasteiger partial charge in [-0.05, 0) is 36.8 Å². The number of aromatic nitrogens is 2. The Hall–Kier alpha value is -3.06. The molecule has 7 nitrogen and oxygen atoms in total. The van der Waals surface area contributed by atoms with Crippen LogP contribution >= 0.6 is 11.6 Å². The summed E-state index contributed by atoms with van der Waals surface area (Å²) in [5.74, 6) is -0.849. The first-order valence-electron chi connectivity index (χ1n) is 7.89. The summed E-state index contributed by atoms with van der Waals surface area (Å²) < 4.78 is 0. The Balaban J connectivity index is 1.89. The van der Waals surface area contributed by atoms with Crippen molar-refractivity contribution in [3.63, 3.8) is 0 Å². The number of carbonyl (C=O) groups excluding carboxylic acids is 2. The van der Waals surface area contributed by atoms with Crippen LogP contribution in [0.1, 0.15) is 16.1 Å². The first-order valence-corrected chi connectivity index (χ1v) is 8.27. The molecule has 1 aromatic carbocycles. The molecule has 134 valence electrons. The zero-order valence-corrected chi connectivity index (χ0v) is 15.1. The highest BCUT2D eigenvalue weighted by Crippen LogP contribution is 2.32. The van der Waals surface area contributed by atoms with Crippen LogP contribution in [0.2, 0.25) is 5.02 Å². The van der Waals surface area contributed by atoms with Crippen LogP contribution in [-0.4, -0.2) is 35.4 Å². The highest BCUT2D eigenvalue weighted by Gasteiger charge is 2.21. The van der Waals surface area contributed by atoms with Crippen molar-refractivity contribution in [1.29, 1.82) is 0 Å². The van der Waals surface area contributed by atoms with Gasteiger partial charge in [0.05, 0.1) is 24.1 Å². The van der Waals surface area contributed by atoms with Crippen LogP contribution < -0.4 is 16.0 Å². The summed E-state index contributed by atoms with van der Waals surface area (Å²) in [5.41, 5.74) is 8.52. The molecule has 0 spiro atoms. The average Bonchev–Trinajstić information content (AvgIpc) is 2.95. The number of benzene rings is 1. The lowest BCUT2D eigenvalue weighted by Crippen LogP contribution is -2.31. The number of H-pyrrole nitrogens is 1. The molecular weight excluding hydrogens is 354 g/mol. The summed E-state index contributed by atoms with van der Waals surface area (Å²) in [6.07, 6.45) is 3.25. The first kappa shape index (κ1) is 17.8. The lowest BCUT2D eigenvalue weighted by atomic mass is 10.2. The number of nitrogens with zero attached hydrogens (tertiary/aromatic N) is 2. The number of halogens is 1. The third-order valence-electron chi connectivity index (χ3n) is 4.06. The van der Waals surface area contributed by atoms with E-state index in [2.05, 4.69) is 15.3 Å². The van der Waals surface area contributed by atoms with Crippen molar-refractivity contribution < 1.29 is 9.59 Å². The minimum atomic E-state index is -0.609. The molecule has 0 fully saturated rings. The fourth-order valence-electron chi connectivity index (χ4n) is 2.80. The Bertz CT molecular complexity index is 998. The Morgan fingerprint density at radius 1 is 1.35 bits per heavy atom. The second-order valence-corrected chi connectivity index (χ2v) is 6.43. The van der Waals surface area contributed by atoms with Gasteiger partial charge in [0.2, 0.25) is 5.91 Å². The molecule has 8 heteroatoms. The van der Waals surface area contributed by atoms with Crippen LogP contribution in [0.3, 0.4) is 0 Å². The third-order valence-corrected chi connectivity index (χ3v) is 4.29. The predicted molar refractivity (Wildman–Crippen MR) is 103 cm³/mol. The summed E-state index contributed by atoms with van der Waals surface area (Å²) >= 11 is 6.08. The zero-order chi connectivity index (χ0) is 18.8. The molecule has 0 saturated carbocycles. The van der Waals surface area contributed by atoms with E-state index in [-0.39, 0.29) is 18.1 Å².